The molecule has 2 amide bonds. The van der Waals surface area contributed by atoms with Crippen LogP contribution in [-0.2, 0) is 0 Å². The van der Waals surface area contributed by atoms with Crippen molar-refractivity contribution in [2.45, 2.75) is 44.2 Å². The standard InChI is InChI=1S/C29H32N4O6/c1-36-24-12-20-22(30-16-18-6-3-8-32(18)28(20)34)14-26(24)38-10-5-11-39-27-15-23-21(13-25(27)37-2)29(35)33-9-4-7-19(33)17-31-23/h12-19H,3-11H2,1-2H3/t18-,19-/m0/s1. The molecule has 0 unspecified atom stereocenters. The van der Waals surface area contributed by atoms with Crippen molar-refractivity contribution in [1.82, 2.24) is 9.80 Å². The molecule has 2 saturated heterocycles. The van der Waals surface area contributed by atoms with Gasteiger partial charge in [0.25, 0.3) is 11.8 Å². The van der Waals surface area contributed by atoms with Crippen LogP contribution < -0.4 is 18.9 Å². The average Bonchev–Trinajstić information content (AvgIpc) is 3.58. The van der Waals surface area contributed by atoms with E-state index in [4.69, 9.17) is 18.9 Å². The van der Waals surface area contributed by atoms with Crippen molar-refractivity contribution in [1.29, 1.82) is 0 Å². The zero-order chi connectivity index (χ0) is 26.9. The summed E-state index contributed by atoms with van der Waals surface area (Å²) in [5, 5.41) is 0. The molecule has 4 aliphatic rings. The molecule has 0 aliphatic carbocycles. The molecule has 0 N–H and O–H groups in total. The van der Waals surface area contributed by atoms with Gasteiger partial charge in [0, 0.05) is 44.1 Å². The molecule has 204 valence electrons. The SMILES string of the molecule is COc1cc2c(cc1OCCCOc1cc3c(cc1OC)C(=O)N1CCC[C@H]1C=N3)N=C[C@@H]1CCCN1C2=O. The number of aliphatic imine (C=N–C) groups is 2. The van der Waals surface area contributed by atoms with Gasteiger partial charge >= 0.3 is 0 Å². The summed E-state index contributed by atoms with van der Waals surface area (Å²) in [5.74, 6) is 1.99. The lowest BCUT2D eigenvalue weighted by molar-refractivity contribution is 0.0766. The number of hydrogen-bond donors (Lipinski definition) is 0. The van der Waals surface area contributed by atoms with Crippen molar-refractivity contribution in [2.75, 3.05) is 40.5 Å². The van der Waals surface area contributed by atoms with Gasteiger partial charge < -0.3 is 28.7 Å². The number of ether oxygens (including phenoxy) is 4. The first-order valence-electron chi connectivity index (χ1n) is 13.5. The van der Waals surface area contributed by atoms with Crippen LogP contribution >= 0.6 is 0 Å². The number of benzene rings is 2. The second-order valence-corrected chi connectivity index (χ2v) is 10.1. The topological polar surface area (TPSA) is 102 Å². The summed E-state index contributed by atoms with van der Waals surface area (Å²) >= 11 is 0. The summed E-state index contributed by atoms with van der Waals surface area (Å²) in [6.07, 6.45) is 8.13. The number of carbonyl (C=O) groups is 2. The highest BCUT2D eigenvalue weighted by atomic mass is 16.5. The smallest absolute Gasteiger partial charge is 0.256 e. The van der Waals surface area contributed by atoms with Gasteiger partial charge in [0.2, 0.25) is 0 Å². The Balaban J connectivity index is 1.11. The molecule has 2 aromatic rings. The summed E-state index contributed by atoms with van der Waals surface area (Å²) in [4.78, 5) is 39.0. The van der Waals surface area contributed by atoms with E-state index < -0.39 is 0 Å². The lowest BCUT2D eigenvalue weighted by Crippen LogP contribution is -2.35. The minimum Gasteiger partial charge on any atom is -0.493 e. The molecule has 2 aromatic carbocycles. The van der Waals surface area contributed by atoms with Gasteiger partial charge in [-0.2, -0.15) is 0 Å². The Hall–Kier alpha value is -4.08. The molecule has 4 aliphatic heterocycles. The monoisotopic (exact) mass is 532 g/mol. The quantitative estimate of drug-likeness (QED) is 0.473. The first-order valence-corrected chi connectivity index (χ1v) is 13.5. The largest absolute Gasteiger partial charge is 0.493 e. The van der Waals surface area contributed by atoms with Crippen molar-refractivity contribution < 1.29 is 28.5 Å². The maximum atomic E-state index is 13.1. The van der Waals surface area contributed by atoms with Crippen LogP contribution in [0.1, 0.15) is 52.8 Å². The maximum absolute atomic E-state index is 13.1. The van der Waals surface area contributed by atoms with Gasteiger partial charge in [-0.25, -0.2) is 0 Å². The number of methoxy groups -OCH3 is 2. The van der Waals surface area contributed by atoms with E-state index in [1.165, 1.54) is 0 Å². The molecular weight excluding hydrogens is 500 g/mol. The molecule has 2 atom stereocenters. The molecule has 2 fully saturated rings. The average molecular weight is 533 g/mol. The summed E-state index contributed by atoms with van der Waals surface area (Å²) in [6, 6.07) is 7.05. The Morgan fingerprint density at radius 1 is 0.718 bits per heavy atom. The summed E-state index contributed by atoms with van der Waals surface area (Å²) in [7, 11) is 3.12. The number of hydrogen-bond acceptors (Lipinski definition) is 8. The highest BCUT2D eigenvalue weighted by molar-refractivity contribution is 6.04. The van der Waals surface area contributed by atoms with Crippen LogP contribution in [0.4, 0.5) is 11.4 Å². The molecule has 39 heavy (non-hydrogen) atoms. The number of fused-ring (bicyclic) bond motifs is 4. The first-order chi connectivity index (χ1) is 19.1. The van der Waals surface area contributed by atoms with Gasteiger partial charge in [-0.05, 0) is 37.8 Å². The van der Waals surface area contributed by atoms with Crippen molar-refractivity contribution in [3.63, 3.8) is 0 Å². The molecule has 0 aromatic heterocycles. The van der Waals surface area contributed by atoms with E-state index in [0.717, 1.165) is 38.8 Å². The summed E-state index contributed by atoms with van der Waals surface area (Å²) in [5.41, 5.74) is 2.23. The van der Waals surface area contributed by atoms with E-state index >= 15 is 0 Å². The van der Waals surface area contributed by atoms with Gasteiger partial charge in [-0.3, -0.25) is 19.6 Å². The third-order valence-corrected chi connectivity index (χ3v) is 7.72. The zero-order valence-electron chi connectivity index (χ0n) is 22.2. The fraction of sp³-hybridized carbons (Fsp3) is 0.448. The molecule has 10 nitrogen and oxygen atoms in total. The first kappa shape index (κ1) is 25.2. The highest BCUT2D eigenvalue weighted by Gasteiger charge is 2.34. The Labute approximate surface area is 227 Å². The van der Waals surface area contributed by atoms with Crippen molar-refractivity contribution in [3.05, 3.63) is 35.4 Å². The minimum absolute atomic E-state index is 0.0237. The van der Waals surface area contributed by atoms with Gasteiger partial charge in [-0.15, -0.1) is 0 Å². The molecule has 0 bridgehead atoms. The van der Waals surface area contributed by atoms with Crippen LogP contribution in [0.2, 0.25) is 0 Å². The second kappa shape index (κ2) is 10.6. The van der Waals surface area contributed by atoms with Crippen LogP contribution in [-0.4, -0.2) is 86.6 Å². The van der Waals surface area contributed by atoms with E-state index in [9.17, 15) is 9.59 Å². The minimum atomic E-state index is -0.0237. The molecular formula is C29H32N4O6. The zero-order valence-corrected chi connectivity index (χ0v) is 22.2. The van der Waals surface area contributed by atoms with E-state index in [1.807, 2.05) is 22.2 Å². The Morgan fingerprint density at radius 2 is 1.18 bits per heavy atom. The van der Waals surface area contributed by atoms with Crippen LogP contribution in [0.25, 0.3) is 0 Å². The van der Waals surface area contributed by atoms with E-state index in [2.05, 4.69) is 9.98 Å². The second-order valence-electron chi connectivity index (χ2n) is 10.1. The third-order valence-electron chi connectivity index (χ3n) is 7.72. The highest BCUT2D eigenvalue weighted by Crippen LogP contribution is 2.39. The van der Waals surface area contributed by atoms with E-state index in [1.54, 1.807) is 38.5 Å². The van der Waals surface area contributed by atoms with Crippen LogP contribution in [0.15, 0.2) is 34.3 Å². The fourth-order valence-corrected chi connectivity index (χ4v) is 5.66. The molecule has 6 rings (SSSR count). The summed E-state index contributed by atoms with van der Waals surface area (Å²) in [6.45, 7) is 2.21. The summed E-state index contributed by atoms with van der Waals surface area (Å²) < 4.78 is 23.1. The normalized spacial score (nSPS) is 21.1. The van der Waals surface area contributed by atoms with E-state index in [-0.39, 0.29) is 23.9 Å². The lowest BCUT2D eigenvalue weighted by atomic mass is 10.1. The molecule has 0 saturated carbocycles. The van der Waals surface area contributed by atoms with E-state index in [0.29, 0.717) is 65.1 Å². The van der Waals surface area contributed by atoms with Gasteiger partial charge in [0.05, 0.1) is 62.0 Å². The van der Waals surface area contributed by atoms with Crippen molar-refractivity contribution in [3.8, 4) is 23.0 Å². The van der Waals surface area contributed by atoms with Gasteiger partial charge in [-0.1, -0.05) is 0 Å². The number of amides is 2. The van der Waals surface area contributed by atoms with Crippen LogP contribution in [0, 0.1) is 0 Å². The van der Waals surface area contributed by atoms with Crippen molar-refractivity contribution in [2.24, 2.45) is 9.98 Å². The van der Waals surface area contributed by atoms with Crippen LogP contribution in [0.5, 0.6) is 23.0 Å². The molecule has 4 heterocycles. The van der Waals surface area contributed by atoms with Gasteiger partial charge in [0.15, 0.2) is 23.0 Å². The molecule has 0 spiro atoms. The third kappa shape index (κ3) is 4.68. The van der Waals surface area contributed by atoms with Gasteiger partial charge in [0.1, 0.15) is 0 Å². The van der Waals surface area contributed by atoms with Crippen molar-refractivity contribution >= 4 is 35.6 Å². The molecule has 10 heteroatoms. The maximum Gasteiger partial charge on any atom is 0.256 e. The predicted molar refractivity (Wildman–Crippen MR) is 146 cm³/mol. The Bertz CT molecular complexity index is 1250. The predicted octanol–water partition coefficient (Wildman–Crippen LogP) is 4.19. The Kier molecular flexibility index (Phi) is 6.85. The Morgan fingerprint density at radius 3 is 1.62 bits per heavy atom. The number of rotatable bonds is 8. The fourth-order valence-electron chi connectivity index (χ4n) is 5.66. The lowest BCUT2D eigenvalue weighted by Gasteiger charge is -2.20. The number of carbonyl (C=O) groups excluding carboxylic acids is 2. The van der Waals surface area contributed by atoms with Crippen LogP contribution in [0.3, 0.4) is 0 Å². The number of nitrogens with zero attached hydrogens (tertiary/aromatic N) is 4. The molecule has 0 radical (unpaired) electrons.